The molecule has 0 aliphatic heterocycles. The van der Waals surface area contributed by atoms with Gasteiger partial charge in [0.25, 0.3) is 5.56 Å². The van der Waals surface area contributed by atoms with Gasteiger partial charge in [-0.2, -0.15) is 0 Å². The van der Waals surface area contributed by atoms with Crippen molar-refractivity contribution in [3.8, 4) is 11.8 Å². The van der Waals surface area contributed by atoms with Crippen LogP contribution in [-0.2, 0) is 6.42 Å². The summed E-state index contributed by atoms with van der Waals surface area (Å²) >= 11 is 1.34. The molecule has 0 aromatic carbocycles. The fraction of sp³-hybridized carbons (Fsp3) is 0.133. The van der Waals surface area contributed by atoms with E-state index in [0.29, 0.717) is 16.8 Å². The van der Waals surface area contributed by atoms with Crippen molar-refractivity contribution in [2.75, 3.05) is 0 Å². The fourth-order valence-electron chi connectivity index (χ4n) is 1.90. The van der Waals surface area contributed by atoms with Crippen molar-refractivity contribution in [2.45, 2.75) is 13.3 Å². The molecule has 3 aromatic heterocycles. The Morgan fingerprint density at radius 1 is 1.33 bits per heavy atom. The van der Waals surface area contributed by atoms with Crippen molar-refractivity contribution < 1.29 is 0 Å². The van der Waals surface area contributed by atoms with Crippen LogP contribution in [0.25, 0.3) is 4.83 Å². The highest BCUT2D eigenvalue weighted by molar-refractivity contribution is 7.18. The molecule has 3 aromatic rings. The molecule has 0 bridgehead atoms. The van der Waals surface area contributed by atoms with Crippen LogP contribution in [-0.4, -0.2) is 14.4 Å². The molecule has 0 amide bonds. The number of thiazole rings is 1. The van der Waals surface area contributed by atoms with E-state index in [1.54, 1.807) is 25.5 Å². The molecule has 104 valence electrons. The highest BCUT2D eigenvalue weighted by Crippen LogP contribution is 2.16. The van der Waals surface area contributed by atoms with E-state index in [1.165, 1.54) is 15.7 Å². The van der Waals surface area contributed by atoms with E-state index < -0.39 is 5.69 Å². The predicted octanol–water partition coefficient (Wildman–Crippen LogP) is 1.35. The molecule has 5 nitrogen and oxygen atoms in total. The smallest absolute Gasteiger partial charge is 0.273 e. The van der Waals surface area contributed by atoms with Gasteiger partial charge in [-0.1, -0.05) is 11.8 Å². The molecule has 3 heterocycles. The Balaban J connectivity index is 1.96. The number of hydrogen-bond acceptors (Lipinski definition) is 4. The molecule has 0 fully saturated rings. The summed E-state index contributed by atoms with van der Waals surface area (Å²) < 4.78 is 1.43. The number of rotatable bonds is 1. The van der Waals surface area contributed by atoms with Gasteiger partial charge in [0.1, 0.15) is 4.83 Å². The largest absolute Gasteiger partial charge is 0.333 e. The van der Waals surface area contributed by atoms with Crippen LogP contribution in [0.1, 0.15) is 16.0 Å². The van der Waals surface area contributed by atoms with Gasteiger partial charge in [0.05, 0.1) is 4.88 Å². The third kappa shape index (κ3) is 2.64. The van der Waals surface area contributed by atoms with Crippen LogP contribution in [0, 0.1) is 18.8 Å². The minimum atomic E-state index is -0.431. The lowest BCUT2D eigenvalue weighted by molar-refractivity contribution is 0.968. The number of pyridine rings is 1. The first-order valence-electron chi connectivity index (χ1n) is 6.28. The number of aromatic amines is 1. The van der Waals surface area contributed by atoms with Crippen LogP contribution in [0.3, 0.4) is 0 Å². The first-order valence-corrected chi connectivity index (χ1v) is 7.09. The maximum atomic E-state index is 11.7. The van der Waals surface area contributed by atoms with Crippen LogP contribution in [0.4, 0.5) is 0 Å². The van der Waals surface area contributed by atoms with Crippen molar-refractivity contribution in [1.82, 2.24) is 14.4 Å². The summed E-state index contributed by atoms with van der Waals surface area (Å²) in [6, 6.07) is 3.82. The number of fused-ring (bicyclic) bond motifs is 1. The average molecular weight is 297 g/mol. The number of aryl methyl sites for hydroxylation is 1. The Bertz CT molecular complexity index is 971. The molecule has 0 aliphatic rings. The van der Waals surface area contributed by atoms with E-state index in [9.17, 15) is 9.59 Å². The summed E-state index contributed by atoms with van der Waals surface area (Å²) in [6.45, 7) is 1.69. The van der Waals surface area contributed by atoms with Gasteiger partial charge in [0.2, 0.25) is 0 Å². The third-order valence-corrected chi connectivity index (χ3v) is 4.15. The van der Waals surface area contributed by atoms with E-state index in [4.69, 9.17) is 0 Å². The summed E-state index contributed by atoms with van der Waals surface area (Å²) in [5, 5.41) is 0. The first kappa shape index (κ1) is 13.3. The maximum absolute atomic E-state index is 11.7. The van der Waals surface area contributed by atoms with E-state index in [2.05, 4.69) is 21.8 Å². The standard InChI is InChI=1S/C15H11N3O2S/c1-10-13(19)17-15(20)18-9-12(21-14(10)18)4-2-3-11-5-7-16-8-6-11/h5-9H,3H2,1H3,(H,17,19,20). The normalized spacial score (nSPS) is 10.3. The summed E-state index contributed by atoms with van der Waals surface area (Å²) in [6.07, 6.45) is 5.73. The predicted molar refractivity (Wildman–Crippen MR) is 81.7 cm³/mol. The lowest BCUT2D eigenvalue weighted by Gasteiger charge is -1.93. The van der Waals surface area contributed by atoms with Crippen LogP contribution in [0.15, 0.2) is 40.3 Å². The third-order valence-electron chi connectivity index (χ3n) is 3.03. The minimum Gasteiger partial charge on any atom is -0.273 e. The van der Waals surface area contributed by atoms with Crippen LogP contribution >= 0.6 is 11.3 Å². The number of nitrogens with one attached hydrogen (secondary N) is 1. The monoisotopic (exact) mass is 297 g/mol. The van der Waals surface area contributed by atoms with Gasteiger partial charge in [-0.25, -0.2) is 4.79 Å². The van der Waals surface area contributed by atoms with Crippen molar-refractivity contribution in [3.05, 3.63) is 67.6 Å². The van der Waals surface area contributed by atoms with Crippen LogP contribution < -0.4 is 11.2 Å². The quantitative estimate of drug-likeness (QED) is 0.689. The molecule has 0 spiro atoms. The molecule has 1 N–H and O–H groups in total. The van der Waals surface area contributed by atoms with Gasteiger partial charge < -0.3 is 0 Å². The Hall–Kier alpha value is -2.65. The molecule has 21 heavy (non-hydrogen) atoms. The van der Waals surface area contributed by atoms with Gasteiger partial charge in [0.15, 0.2) is 0 Å². The van der Waals surface area contributed by atoms with E-state index in [0.717, 1.165) is 10.4 Å². The van der Waals surface area contributed by atoms with Gasteiger partial charge >= 0.3 is 5.69 Å². The average Bonchev–Trinajstić information content (AvgIpc) is 2.91. The lowest BCUT2D eigenvalue weighted by Crippen LogP contribution is -2.26. The van der Waals surface area contributed by atoms with Gasteiger partial charge in [0, 0.05) is 30.6 Å². The summed E-state index contributed by atoms with van der Waals surface area (Å²) in [5.74, 6) is 6.09. The van der Waals surface area contributed by atoms with Crippen molar-refractivity contribution >= 4 is 16.2 Å². The molecule has 0 atom stereocenters. The fourth-order valence-corrected chi connectivity index (χ4v) is 2.87. The van der Waals surface area contributed by atoms with Gasteiger partial charge in [-0.15, -0.1) is 11.3 Å². The van der Waals surface area contributed by atoms with Crippen molar-refractivity contribution in [3.63, 3.8) is 0 Å². The van der Waals surface area contributed by atoms with Crippen LogP contribution in [0.5, 0.6) is 0 Å². The van der Waals surface area contributed by atoms with Crippen LogP contribution in [0.2, 0.25) is 0 Å². The molecule has 0 radical (unpaired) electrons. The topological polar surface area (TPSA) is 67.2 Å². The second-order valence-corrected chi connectivity index (χ2v) is 5.52. The Morgan fingerprint density at radius 3 is 2.86 bits per heavy atom. The highest BCUT2D eigenvalue weighted by atomic mass is 32.1. The van der Waals surface area contributed by atoms with E-state index in [1.807, 2.05) is 12.1 Å². The molecular formula is C15H11N3O2S. The second kappa shape index (κ2) is 5.38. The Kier molecular flexibility index (Phi) is 3.42. The molecule has 0 saturated carbocycles. The van der Waals surface area contributed by atoms with Crippen molar-refractivity contribution in [2.24, 2.45) is 0 Å². The lowest BCUT2D eigenvalue weighted by atomic mass is 10.2. The molecule has 0 saturated heterocycles. The van der Waals surface area contributed by atoms with Gasteiger partial charge in [-0.05, 0) is 24.6 Å². The summed E-state index contributed by atoms with van der Waals surface area (Å²) in [4.78, 5) is 30.9. The zero-order valence-electron chi connectivity index (χ0n) is 11.2. The number of hydrogen-bond donors (Lipinski definition) is 1. The summed E-state index contributed by atoms with van der Waals surface area (Å²) in [5.41, 5.74) is 0.834. The Labute approximate surface area is 123 Å². The maximum Gasteiger partial charge on any atom is 0.333 e. The molecule has 6 heteroatoms. The molecule has 0 unspecified atom stereocenters. The number of H-pyrrole nitrogens is 1. The zero-order chi connectivity index (χ0) is 14.8. The Morgan fingerprint density at radius 2 is 2.10 bits per heavy atom. The SMILES string of the molecule is Cc1c(=O)[nH]c(=O)n2cc(C#CCc3ccncc3)sc12. The first-order chi connectivity index (χ1) is 10.1. The second-order valence-electron chi connectivity index (χ2n) is 4.49. The summed E-state index contributed by atoms with van der Waals surface area (Å²) in [7, 11) is 0. The van der Waals surface area contributed by atoms with Crippen molar-refractivity contribution in [1.29, 1.82) is 0 Å². The molecular weight excluding hydrogens is 286 g/mol. The molecule has 3 rings (SSSR count). The number of aromatic nitrogens is 3. The van der Waals surface area contributed by atoms with E-state index in [-0.39, 0.29) is 5.56 Å². The zero-order valence-corrected chi connectivity index (χ0v) is 12.0. The minimum absolute atomic E-state index is 0.349. The highest BCUT2D eigenvalue weighted by Gasteiger charge is 2.07. The number of nitrogens with zero attached hydrogens (tertiary/aromatic N) is 2. The molecule has 0 aliphatic carbocycles. The van der Waals surface area contributed by atoms with Gasteiger partial charge in [-0.3, -0.25) is 19.2 Å². The van der Waals surface area contributed by atoms with E-state index >= 15 is 0 Å².